The molecule has 244 valence electrons. The first-order valence-electron chi connectivity index (χ1n) is 15.4. The maximum atomic E-state index is 14.0. The Morgan fingerprint density at radius 3 is 2.55 bits per heavy atom. The van der Waals surface area contributed by atoms with Crippen LogP contribution < -0.4 is 14.2 Å². The Morgan fingerprint density at radius 1 is 0.979 bits per heavy atom. The molecule has 2 N–H and O–H groups in total. The Labute approximate surface area is 290 Å². The zero-order chi connectivity index (χ0) is 32.8. The van der Waals surface area contributed by atoms with Gasteiger partial charge in [0.25, 0.3) is 5.01 Å². The number of carbonyl (C=O) groups excluding carboxylic acids is 1. The molecule has 1 aliphatic heterocycles. The minimum absolute atomic E-state index is 0.0315. The maximum Gasteiger partial charge on any atom is 0.263 e. The second kappa shape index (κ2) is 15.7. The number of aliphatic hydroxyl groups excluding tert-OH is 2. The number of nitrogens with zero attached hydrogens (tertiary/aromatic N) is 2. The molecule has 0 fully saturated rings. The topological polar surface area (TPSA) is 92.3 Å². The highest BCUT2D eigenvalue weighted by molar-refractivity contribution is 9.10. The predicted molar refractivity (Wildman–Crippen MR) is 191 cm³/mol. The van der Waals surface area contributed by atoms with Crippen molar-refractivity contribution in [1.82, 2.24) is 0 Å². The Balaban J connectivity index is 1.38. The Hall–Kier alpha value is -3.29. The van der Waals surface area contributed by atoms with Gasteiger partial charge in [0.15, 0.2) is 18.1 Å². The van der Waals surface area contributed by atoms with Crippen LogP contribution in [0.2, 0.25) is 0 Å². The molecule has 4 aromatic rings. The number of carbonyl (C=O) groups is 1. The van der Waals surface area contributed by atoms with Gasteiger partial charge in [0.05, 0.1) is 45.3 Å². The van der Waals surface area contributed by atoms with E-state index in [9.17, 15) is 4.79 Å². The number of aryl methyl sites for hydroxylation is 1. The average molecular weight is 737 g/mol. The molecule has 8 nitrogen and oxygen atoms in total. The van der Waals surface area contributed by atoms with Gasteiger partial charge in [-0.15, -0.1) is 11.8 Å². The second-order valence-electron chi connectivity index (χ2n) is 11.0. The van der Waals surface area contributed by atoms with E-state index in [1.165, 1.54) is 0 Å². The van der Waals surface area contributed by atoms with Crippen LogP contribution in [-0.2, 0) is 27.4 Å². The summed E-state index contributed by atoms with van der Waals surface area (Å²) in [6.45, 7) is 4.57. The summed E-state index contributed by atoms with van der Waals surface area (Å²) in [6.07, 6.45) is 3.84. The van der Waals surface area contributed by atoms with Crippen molar-refractivity contribution in [3.63, 3.8) is 0 Å². The zero-order valence-electron chi connectivity index (χ0n) is 26.0. The van der Waals surface area contributed by atoms with Crippen molar-refractivity contribution >= 4 is 66.8 Å². The number of fused-ring (bicyclic) bond motifs is 2. The van der Waals surface area contributed by atoms with Gasteiger partial charge in [-0.25, -0.2) is 0 Å². The van der Waals surface area contributed by atoms with Crippen molar-refractivity contribution in [1.29, 1.82) is 0 Å². The van der Waals surface area contributed by atoms with E-state index in [-0.39, 0.29) is 32.2 Å². The standard InChI is InChI=1S/C36H36BrN2O6S2/c1-24-7-9-29-31(19-24)45-33(39(29)23-25-5-3-2-4-6-25)21-27-35(42)28(36(27)46-18-17-44-16-13-41)22-34-38(11-14-43-15-12-40)30-10-8-26(37)20-32(30)47-34/h2-10,19-22,40-41H,11-18,23H2,1H3/q+1. The highest BCUT2D eigenvalue weighted by Gasteiger charge is 2.37. The number of Topliss-reactive ketones (excluding diaryl/α,β-unsaturated/α-hetero) is 1. The third-order valence-electron chi connectivity index (χ3n) is 7.68. The summed E-state index contributed by atoms with van der Waals surface area (Å²) in [5.41, 5.74) is 5.47. The molecule has 0 bridgehead atoms. The molecule has 1 aliphatic carbocycles. The van der Waals surface area contributed by atoms with E-state index in [1.54, 1.807) is 23.1 Å². The first-order valence-corrected chi connectivity index (χ1v) is 18.0. The van der Waals surface area contributed by atoms with Gasteiger partial charge >= 0.3 is 0 Å². The number of halogens is 1. The fourth-order valence-electron chi connectivity index (χ4n) is 5.46. The summed E-state index contributed by atoms with van der Waals surface area (Å²) in [5.74, 6) is 1.94. The van der Waals surface area contributed by atoms with Crippen LogP contribution in [0.15, 0.2) is 99.2 Å². The molecular weight excluding hydrogens is 700 g/mol. The van der Waals surface area contributed by atoms with Crippen LogP contribution in [0.1, 0.15) is 16.1 Å². The molecule has 1 aromatic heterocycles. The summed E-state index contributed by atoms with van der Waals surface area (Å²) >= 11 is 6.77. The van der Waals surface area contributed by atoms with E-state index in [4.69, 9.17) is 24.4 Å². The van der Waals surface area contributed by atoms with Crippen LogP contribution in [0.3, 0.4) is 0 Å². The number of aliphatic hydroxyl groups is 2. The van der Waals surface area contributed by atoms with Gasteiger partial charge in [-0.1, -0.05) is 63.7 Å². The molecule has 0 saturated heterocycles. The number of thiazole rings is 1. The van der Waals surface area contributed by atoms with Gasteiger partial charge in [0.1, 0.15) is 11.3 Å². The number of anilines is 1. The third-order valence-corrected chi connectivity index (χ3v) is 10.4. The van der Waals surface area contributed by atoms with Crippen LogP contribution in [0.4, 0.5) is 5.69 Å². The number of allylic oxidation sites excluding steroid dienone is 3. The molecule has 6 rings (SSSR count). The lowest BCUT2D eigenvalue weighted by molar-refractivity contribution is -0.670. The van der Waals surface area contributed by atoms with Crippen molar-refractivity contribution in [3.05, 3.63) is 115 Å². The lowest BCUT2D eigenvalue weighted by atomic mass is 9.89. The van der Waals surface area contributed by atoms with E-state index in [1.807, 2.05) is 49.4 Å². The van der Waals surface area contributed by atoms with Crippen LogP contribution >= 0.6 is 39.0 Å². The van der Waals surface area contributed by atoms with Crippen molar-refractivity contribution in [2.75, 3.05) is 50.3 Å². The SMILES string of the molecule is Cc1ccc2c(c1)O/C(=C/C1=C(SCCOCCO)C(=C\c3sc4cc(Br)ccc4[n+]3CCOCCO)/C1=O)N2Cc1ccccc1. The lowest BCUT2D eigenvalue weighted by Gasteiger charge is -2.25. The molecule has 0 saturated carbocycles. The minimum atomic E-state index is -0.0478. The normalized spacial score (nSPS) is 16.0. The molecule has 0 amide bonds. The summed E-state index contributed by atoms with van der Waals surface area (Å²) in [5, 5.41) is 19.2. The zero-order valence-corrected chi connectivity index (χ0v) is 29.2. The van der Waals surface area contributed by atoms with Gasteiger partial charge in [-0.3, -0.25) is 4.79 Å². The van der Waals surface area contributed by atoms with E-state index < -0.39 is 0 Å². The van der Waals surface area contributed by atoms with Crippen molar-refractivity contribution in [2.24, 2.45) is 0 Å². The van der Waals surface area contributed by atoms with Crippen molar-refractivity contribution in [3.8, 4) is 5.75 Å². The van der Waals surface area contributed by atoms with E-state index in [0.717, 1.165) is 47.2 Å². The summed E-state index contributed by atoms with van der Waals surface area (Å²) in [4.78, 5) is 17.0. The van der Waals surface area contributed by atoms with Crippen LogP contribution in [0, 0.1) is 6.92 Å². The average Bonchev–Trinajstić information content (AvgIpc) is 3.59. The summed E-state index contributed by atoms with van der Waals surface area (Å²) < 4.78 is 21.8. The Bertz CT molecular complexity index is 1850. The molecule has 2 aliphatic rings. The molecular formula is C36H36BrN2O6S2+. The largest absolute Gasteiger partial charge is 0.439 e. The second-order valence-corrected chi connectivity index (χ2v) is 14.1. The fourth-order valence-corrected chi connectivity index (χ4v) is 8.16. The monoisotopic (exact) mass is 735 g/mol. The molecule has 0 atom stereocenters. The number of ketones is 1. The van der Waals surface area contributed by atoms with Gasteiger partial charge < -0.3 is 29.3 Å². The highest BCUT2D eigenvalue weighted by Crippen LogP contribution is 2.45. The summed E-state index contributed by atoms with van der Waals surface area (Å²) in [6, 6.07) is 22.5. The van der Waals surface area contributed by atoms with Crippen LogP contribution in [0.25, 0.3) is 16.3 Å². The third kappa shape index (κ3) is 7.73. The quantitative estimate of drug-likeness (QED) is 0.0852. The molecule has 0 unspecified atom stereocenters. The van der Waals surface area contributed by atoms with E-state index in [0.29, 0.717) is 49.1 Å². The van der Waals surface area contributed by atoms with E-state index in [2.05, 4.69) is 61.8 Å². The number of thioether (sulfide) groups is 1. The van der Waals surface area contributed by atoms with Gasteiger partial charge in [-0.2, -0.15) is 4.57 Å². The van der Waals surface area contributed by atoms with Crippen molar-refractivity contribution in [2.45, 2.75) is 20.0 Å². The maximum absolute atomic E-state index is 14.0. The van der Waals surface area contributed by atoms with E-state index >= 15 is 0 Å². The summed E-state index contributed by atoms with van der Waals surface area (Å²) in [7, 11) is 0. The minimum Gasteiger partial charge on any atom is -0.439 e. The molecule has 0 radical (unpaired) electrons. The lowest BCUT2D eigenvalue weighted by Crippen LogP contribution is -2.38. The molecule has 47 heavy (non-hydrogen) atoms. The number of hydrogen-bond acceptors (Lipinski definition) is 9. The number of ether oxygens (including phenoxy) is 3. The van der Waals surface area contributed by atoms with Crippen LogP contribution in [-0.4, -0.2) is 61.4 Å². The number of benzene rings is 3. The predicted octanol–water partition coefficient (Wildman–Crippen LogP) is 6.17. The number of hydrogen-bond donors (Lipinski definition) is 2. The van der Waals surface area contributed by atoms with Crippen molar-refractivity contribution < 1.29 is 33.8 Å². The van der Waals surface area contributed by atoms with Gasteiger partial charge in [0, 0.05) is 44.5 Å². The smallest absolute Gasteiger partial charge is 0.263 e. The van der Waals surface area contributed by atoms with Gasteiger partial charge in [0.2, 0.25) is 11.4 Å². The Morgan fingerprint density at radius 2 is 1.77 bits per heavy atom. The molecule has 2 heterocycles. The highest BCUT2D eigenvalue weighted by atomic mass is 79.9. The molecule has 0 spiro atoms. The first kappa shape index (κ1) is 33.6. The van der Waals surface area contributed by atoms with Crippen LogP contribution in [0.5, 0.6) is 5.75 Å². The Kier molecular flexibility index (Phi) is 11.3. The molecule has 11 heteroatoms. The first-order chi connectivity index (χ1) is 23.0. The fraction of sp³-hybridized carbons (Fsp3) is 0.278. The number of aromatic nitrogens is 1. The van der Waals surface area contributed by atoms with Gasteiger partial charge in [-0.05, 0) is 42.3 Å². The molecule has 3 aromatic carbocycles. The number of rotatable bonds is 15.